The van der Waals surface area contributed by atoms with Crippen molar-refractivity contribution in [2.45, 2.75) is 57.6 Å². The van der Waals surface area contributed by atoms with Crippen LogP contribution in [0.15, 0.2) is 65.7 Å². The third-order valence-electron chi connectivity index (χ3n) is 7.51. The van der Waals surface area contributed by atoms with Gasteiger partial charge in [0.1, 0.15) is 12.6 Å². The molecule has 42 heavy (non-hydrogen) atoms. The number of ether oxygens (including phenoxy) is 1. The van der Waals surface area contributed by atoms with Gasteiger partial charge in [-0.3, -0.25) is 4.79 Å². The Morgan fingerprint density at radius 1 is 1.05 bits per heavy atom. The molecule has 5 rings (SSSR count). The van der Waals surface area contributed by atoms with E-state index in [1.807, 2.05) is 30.5 Å². The Kier molecular flexibility index (Phi) is 7.94. The van der Waals surface area contributed by atoms with Crippen LogP contribution in [-0.4, -0.2) is 42.9 Å². The van der Waals surface area contributed by atoms with Gasteiger partial charge >= 0.3 is 0 Å². The van der Waals surface area contributed by atoms with E-state index in [1.165, 1.54) is 10.2 Å². The molecule has 0 amide bonds. The topological polar surface area (TPSA) is 107 Å². The summed E-state index contributed by atoms with van der Waals surface area (Å²) >= 11 is 0. The Bertz CT molecular complexity index is 1960. The van der Waals surface area contributed by atoms with Crippen molar-refractivity contribution in [1.29, 1.82) is 5.26 Å². The quantitative estimate of drug-likeness (QED) is 0.104. The maximum Gasteiger partial charge on any atom is 0.268 e. The number of hydrogen-bond acceptors (Lipinski definition) is 6. The Labute approximate surface area is 247 Å². The largest absolute Gasteiger partial charge is 0.361 e. The van der Waals surface area contributed by atoms with Crippen molar-refractivity contribution in [3.8, 4) is 6.07 Å². The highest BCUT2D eigenvalue weighted by Gasteiger charge is 2.24. The van der Waals surface area contributed by atoms with Gasteiger partial charge in [0.05, 0.1) is 33.1 Å². The Hall–Kier alpha value is -4.04. The maximum absolute atomic E-state index is 13.7. The number of nitrogens with zero attached hydrogens (tertiary/aromatic N) is 4. The number of aromatic nitrogens is 3. The number of nitriles is 1. The molecule has 0 saturated carbocycles. The van der Waals surface area contributed by atoms with Crippen LogP contribution < -0.4 is 0 Å². The normalized spacial score (nSPS) is 12.2. The second-order valence-electron chi connectivity index (χ2n) is 11.9. The van der Waals surface area contributed by atoms with Gasteiger partial charge < -0.3 is 9.30 Å². The summed E-state index contributed by atoms with van der Waals surface area (Å²) in [4.78, 5) is 17.2. The fourth-order valence-corrected chi connectivity index (χ4v) is 7.23. The Morgan fingerprint density at radius 3 is 2.45 bits per heavy atom. The smallest absolute Gasteiger partial charge is 0.268 e. The van der Waals surface area contributed by atoms with Crippen molar-refractivity contribution in [1.82, 2.24) is 13.5 Å². The van der Waals surface area contributed by atoms with Gasteiger partial charge in [-0.25, -0.2) is 17.4 Å². The lowest BCUT2D eigenvalue weighted by molar-refractivity contribution is 0.0881. The summed E-state index contributed by atoms with van der Waals surface area (Å²) in [6.45, 7) is 11.6. The molecule has 0 aliphatic rings. The van der Waals surface area contributed by atoms with E-state index in [9.17, 15) is 18.5 Å². The summed E-state index contributed by atoms with van der Waals surface area (Å²) in [5.41, 5.74) is 5.39. The summed E-state index contributed by atoms with van der Waals surface area (Å²) in [6, 6.07) is 18.8. The van der Waals surface area contributed by atoms with Gasteiger partial charge in [0.15, 0.2) is 6.29 Å². The predicted octanol–water partition coefficient (Wildman–Crippen LogP) is 6.43. The molecular weight excluding hydrogens is 565 g/mol. The van der Waals surface area contributed by atoms with Gasteiger partial charge in [0, 0.05) is 38.2 Å². The number of carbonyl (C=O) groups is 1. The SMILES string of the molecule is Cc1ccc(S(=O)(=O)n2ccc3c(Cc4nc5ccc(C#N)cc5n4COCC[Si](C)(C)C)c(C)cc(C=O)c32)cc1. The minimum atomic E-state index is -3.95. The average Bonchev–Trinajstić information content (AvgIpc) is 3.54. The Balaban J connectivity index is 1.62. The first-order valence-corrected chi connectivity index (χ1v) is 19.0. The van der Waals surface area contributed by atoms with E-state index in [0.717, 1.165) is 39.6 Å². The van der Waals surface area contributed by atoms with Crippen LogP contribution in [0.5, 0.6) is 0 Å². The van der Waals surface area contributed by atoms with E-state index in [2.05, 4.69) is 25.7 Å². The summed E-state index contributed by atoms with van der Waals surface area (Å²) in [5.74, 6) is 0.727. The summed E-state index contributed by atoms with van der Waals surface area (Å²) in [7, 11) is -5.23. The van der Waals surface area contributed by atoms with Gasteiger partial charge in [-0.05, 0) is 73.5 Å². The zero-order valence-electron chi connectivity index (χ0n) is 24.5. The van der Waals surface area contributed by atoms with E-state index in [0.29, 0.717) is 41.3 Å². The van der Waals surface area contributed by atoms with Crippen LogP contribution in [0, 0.1) is 25.2 Å². The molecule has 0 unspecified atom stereocenters. The Morgan fingerprint density at radius 2 is 1.79 bits per heavy atom. The van der Waals surface area contributed by atoms with E-state index in [-0.39, 0.29) is 11.6 Å². The van der Waals surface area contributed by atoms with E-state index in [4.69, 9.17) is 9.72 Å². The monoisotopic (exact) mass is 598 g/mol. The van der Waals surface area contributed by atoms with Crippen LogP contribution in [0.1, 0.15) is 38.4 Å². The van der Waals surface area contributed by atoms with Gasteiger partial charge in [0.25, 0.3) is 10.0 Å². The molecule has 0 N–H and O–H groups in total. The van der Waals surface area contributed by atoms with Gasteiger partial charge in [-0.1, -0.05) is 37.3 Å². The molecular formula is C32H34N4O4SSi. The van der Waals surface area contributed by atoms with Crippen LogP contribution >= 0.6 is 0 Å². The molecule has 0 saturated heterocycles. The average molecular weight is 599 g/mol. The molecule has 2 aromatic heterocycles. The zero-order chi connectivity index (χ0) is 30.2. The van der Waals surface area contributed by atoms with E-state index < -0.39 is 18.1 Å². The first-order valence-electron chi connectivity index (χ1n) is 13.8. The lowest BCUT2D eigenvalue weighted by Gasteiger charge is -2.17. The third-order valence-corrected chi connectivity index (χ3v) is 10.9. The number of imidazole rings is 1. The van der Waals surface area contributed by atoms with Gasteiger partial charge in [0.2, 0.25) is 0 Å². The van der Waals surface area contributed by atoms with Crippen molar-refractivity contribution in [3.63, 3.8) is 0 Å². The maximum atomic E-state index is 13.7. The number of aldehydes is 1. The molecule has 10 heteroatoms. The van der Waals surface area contributed by atoms with Crippen LogP contribution in [-0.2, 0) is 27.9 Å². The van der Waals surface area contributed by atoms with Crippen molar-refractivity contribution in [3.05, 3.63) is 94.4 Å². The molecule has 0 spiro atoms. The van der Waals surface area contributed by atoms with Crippen LogP contribution in [0.3, 0.4) is 0 Å². The molecule has 0 radical (unpaired) electrons. The molecule has 216 valence electrons. The molecule has 2 heterocycles. The first-order chi connectivity index (χ1) is 19.9. The fraction of sp³-hybridized carbons (Fsp3) is 0.281. The van der Waals surface area contributed by atoms with Crippen molar-refractivity contribution in [2.75, 3.05) is 6.61 Å². The van der Waals surface area contributed by atoms with Crippen LogP contribution in [0.25, 0.3) is 21.9 Å². The fourth-order valence-electron chi connectivity index (χ4n) is 5.10. The van der Waals surface area contributed by atoms with Gasteiger partial charge in [-0.2, -0.15) is 5.26 Å². The molecule has 0 aliphatic heterocycles. The molecule has 8 nitrogen and oxygen atoms in total. The minimum Gasteiger partial charge on any atom is -0.361 e. The minimum absolute atomic E-state index is 0.148. The van der Waals surface area contributed by atoms with E-state index in [1.54, 1.807) is 42.5 Å². The van der Waals surface area contributed by atoms with Crippen LogP contribution in [0.4, 0.5) is 0 Å². The predicted molar refractivity (Wildman–Crippen MR) is 167 cm³/mol. The van der Waals surface area contributed by atoms with Crippen molar-refractivity contribution < 1.29 is 17.9 Å². The number of benzene rings is 3. The highest BCUT2D eigenvalue weighted by Crippen LogP contribution is 2.32. The summed E-state index contributed by atoms with van der Waals surface area (Å²) < 4.78 is 36.7. The molecule has 0 bridgehead atoms. The molecule has 0 fully saturated rings. The number of hydrogen-bond donors (Lipinski definition) is 0. The second-order valence-corrected chi connectivity index (χ2v) is 19.3. The molecule has 0 aliphatic carbocycles. The highest BCUT2D eigenvalue weighted by atomic mass is 32.2. The molecule has 5 aromatic rings. The number of rotatable bonds is 10. The molecule has 3 aromatic carbocycles. The molecule has 0 atom stereocenters. The number of carbonyl (C=O) groups excluding carboxylic acids is 1. The number of fused-ring (bicyclic) bond motifs is 2. The number of aryl methyl sites for hydroxylation is 2. The lowest BCUT2D eigenvalue weighted by Crippen LogP contribution is -2.22. The summed E-state index contributed by atoms with van der Waals surface area (Å²) in [6.07, 6.45) is 2.59. The first kappa shape index (κ1) is 29.4. The van der Waals surface area contributed by atoms with Crippen molar-refractivity contribution in [2.24, 2.45) is 0 Å². The zero-order valence-corrected chi connectivity index (χ0v) is 26.3. The van der Waals surface area contributed by atoms with Crippen molar-refractivity contribution >= 4 is 46.3 Å². The lowest BCUT2D eigenvalue weighted by atomic mass is 9.97. The highest BCUT2D eigenvalue weighted by molar-refractivity contribution is 7.90. The standard InChI is InChI=1S/C32H34N4O4SSi/c1-22-6-9-26(10-7-22)41(38,39)36-13-12-27-28(23(2)16-25(20-37)32(27)36)18-31-34-29-11-8-24(19-33)17-30(29)35(31)21-40-14-15-42(3,4)5/h6-13,16-17,20H,14-15,18,21H2,1-5H3. The summed E-state index contributed by atoms with van der Waals surface area (Å²) in [5, 5.41) is 10.2. The van der Waals surface area contributed by atoms with Crippen LogP contribution in [0.2, 0.25) is 25.7 Å². The second kappa shape index (κ2) is 11.3. The van der Waals surface area contributed by atoms with Gasteiger partial charge in [-0.15, -0.1) is 0 Å². The third kappa shape index (κ3) is 5.68. The van der Waals surface area contributed by atoms with E-state index >= 15 is 0 Å².